The minimum Gasteiger partial charge on any atom is -0.355 e. The molecule has 0 heterocycles. The standard InChI is InChI=1S/C14H21N3O3/c1-11(2)9-16-14(18)10-15-8-7-12-5-3-4-6-13(12)17(19)20/h3-6,11,15H,7-10H2,1-2H3,(H,16,18). The molecule has 6 heteroatoms. The molecule has 0 unspecified atom stereocenters. The summed E-state index contributed by atoms with van der Waals surface area (Å²) in [5, 5.41) is 16.6. The molecule has 0 saturated carbocycles. The van der Waals surface area contributed by atoms with Gasteiger partial charge < -0.3 is 10.6 Å². The molecule has 0 aliphatic carbocycles. The Bertz CT molecular complexity index is 461. The van der Waals surface area contributed by atoms with Crippen LogP contribution in [-0.4, -0.2) is 30.5 Å². The van der Waals surface area contributed by atoms with E-state index in [9.17, 15) is 14.9 Å². The zero-order valence-electron chi connectivity index (χ0n) is 11.9. The van der Waals surface area contributed by atoms with Crippen molar-refractivity contribution < 1.29 is 9.72 Å². The molecule has 0 aromatic heterocycles. The highest BCUT2D eigenvalue weighted by Crippen LogP contribution is 2.17. The number of benzene rings is 1. The number of nitrogens with one attached hydrogen (secondary N) is 2. The first-order chi connectivity index (χ1) is 9.50. The van der Waals surface area contributed by atoms with Crippen LogP contribution in [0, 0.1) is 16.0 Å². The van der Waals surface area contributed by atoms with Crippen LogP contribution >= 0.6 is 0 Å². The van der Waals surface area contributed by atoms with Gasteiger partial charge >= 0.3 is 0 Å². The Morgan fingerprint density at radius 3 is 2.70 bits per heavy atom. The van der Waals surface area contributed by atoms with Crippen LogP contribution in [0.2, 0.25) is 0 Å². The topological polar surface area (TPSA) is 84.3 Å². The van der Waals surface area contributed by atoms with Crippen LogP contribution in [0.15, 0.2) is 24.3 Å². The van der Waals surface area contributed by atoms with Crippen LogP contribution in [-0.2, 0) is 11.2 Å². The second-order valence-electron chi connectivity index (χ2n) is 5.01. The molecule has 0 aliphatic rings. The Hall–Kier alpha value is -1.95. The van der Waals surface area contributed by atoms with Crippen molar-refractivity contribution in [3.8, 4) is 0 Å². The summed E-state index contributed by atoms with van der Waals surface area (Å²) in [5.41, 5.74) is 0.797. The number of amides is 1. The monoisotopic (exact) mass is 279 g/mol. The molecule has 1 amide bonds. The molecule has 0 fully saturated rings. The predicted octanol–water partition coefficient (Wildman–Crippen LogP) is 1.50. The van der Waals surface area contributed by atoms with Gasteiger partial charge in [-0.1, -0.05) is 32.0 Å². The van der Waals surface area contributed by atoms with Gasteiger partial charge in [0.05, 0.1) is 11.5 Å². The number of hydrogen-bond acceptors (Lipinski definition) is 4. The van der Waals surface area contributed by atoms with Crippen molar-refractivity contribution in [3.63, 3.8) is 0 Å². The fourth-order valence-corrected chi connectivity index (χ4v) is 1.71. The molecule has 0 saturated heterocycles. The average molecular weight is 279 g/mol. The van der Waals surface area contributed by atoms with E-state index in [0.717, 1.165) is 0 Å². The molecule has 0 atom stereocenters. The molecule has 0 spiro atoms. The Kier molecular flexibility index (Phi) is 6.66. The Morgan fingerprint density at radius 1 is 1.35 bits per heavy atom. The Balaban J connectivity index is 2.31. The zero-order chi connectivity index (χ0) is 15.0. The largest absolute Gasteiger partial charge is 0.355 e. The third-order valence-electron chi connectivity index (χ3n) is 2.75. The normalized spacial score (nSPS) is 10.6. The molecule has 0 bridgehead atoms. The first-order valence-electron chi connectivity index (χ1n) is 6.70. The molecular weight excluding hydrogens is 258 g/mol. The fourth-order valence-electron chi connectivity index (χ4n) is 1.71. The van der Waals surface area contributed by atoms with Crippen LogP contribution in [0.25, 0.3) is 0 Å². The van der Waals surface area contributed by atoms with Gasteiger partial charge in [-0.25, -0.2) is 0 Å². The second-order valence-corrected chi connectivity index (χ2v) is 5.01. The minimum atomic E-state index is -0.384. The van der Waals surface area contributed by atoms with Crippen molar-refractivity contribution in [2.45, 2.75) is 20.3 Å². The van der Waals surface area contributed by atoms with Crippen molar-refractivity contribution in [2.24, 2.45) is 5.92 Å². The van der Waals surface area contributed by atoms with Gasteiger partial charge in [-0.15, -0.1) is 0 Å². The Morgan fingerprint density at radius 2 is 2.05 bits per heavy atom. The van der Waals surface area contributed by atoms with Gasteiger partial charge in [0.25, 0.3) is 5.69 Å². The SMILES string of the molecule is CC(C)CNC(=O)CNCCc1ccccc1[N+](=O)[O-]. The van der Waals surface area contributed by atoms with Crippen LogP contribution in [0.5, 0.6) is 0 Å². The first-order valence-corrected chi connectivity index (χ1v) is 6.70. The molecule has 0 radical (unpaired) electrons. The maximum atomic E-state index is 11.5. The first kappa shape index (κ1) is 16.1. The van der Waals surface area contributed by atoms with Gasteiger partial charge in [-0.3, -0.25) is 14.9 Å². The van der Waals surface area contributed by atoms with E-state index in [4.69, 9.17) is 0 Å². The van der Waals surface area contributed by atoms with Crippen LogP contribution in [0.4, 0.5) is 5.69 Å². The van der Waals surface area contributed by atoms with Gasteiger partial charge in [0.2, 0.25) is 5.91 Å². The van der Waals surface area contributed by atoms with Crippen molar-refractivity contribution in [2.75, 3.05) is 19.6 Å². The van der Waals surface area contributed by atoms with Crippen molar-refractivity contribution in [1.82, 2.24) is 10.6 Å². The van der Waals surface area contributed by atoms with E-state index in [1.165, 1.54) is 6.07 Å². The van der Waals surface area contributed by atoms with E-state index in [2.05, 4.69) is 10.6 Å². The molecule has 1 aromatic carbocycles. The highest BCUT2D eigenvalue weighted by molar-refractivity contribution is 5.77. The molecule has 6 nitrogen and oxygen atoms in total. The summed E-state index contributed by atoms with van der Waals surface area (Å²) in [5.74, 6) is 0.368. The highest BCUT2D eigenvalue weighted by atomic mass is 16.6. The number of nitro groups is 1. The fraction of sp³-hybridized carbons (Fsp3) is 0.500. The number of carbonyl (C=O) groups excluding carboxylic acids is 1. The molecule has 20 heavy (non-hydrogen) atoms. The van der Waals surface area contributed by atoms with Crippen LogP contribution < -0.4 is 10.6 Å². The molecule has 110 valence electrons. The predicted molar refractivity (Wildman–Crippen MR) is 77.5 cm³/mol. The third kappa shape index (κ3) is 5.79. The second kappa shape index (κ2) is 8.27. The van der Waals surface area contributed by atoms with Gasteiger partial charge in [-0.2, -0.15) is 0 Å². The summed E-state index contributed by atoms with van der Waals surface area (Å²) >= 11 is 0. The van der Waals surface area contributed by atoms with E-state index in [-0.39, 0.29) is 23.1 Å². The summed E-state index contributed by atoms with van der Waals surface area (Å²) in [6.07, 6.45) is 0.522. The smallest absolute Gasteiger partial charge is 0.272 e. The molecule has 1 aromatic rings. The van der Waals surface area contributed by atoms with Crippen LogP contribution in [0.3, 0.4) is 0 Å². The Labute approximate surface area is 118 Å². The number of nitrogens with zero attached hydrogens (tertiary/aromatic N) is 1. The molecule has 2 N–H and O–H groups in total. The summed E-state index contributed by atoms with van der Waals surface area (Å²) in [6, 6.07) is 6.65. The van der Waals surface area contributed by atoms with Gasteiger partial charge in [0.15, 0.2) is 0 Å². The third-order valence-corrected chi connectivity index (χ3v) is 2.75. The lowest BCUT2D eigenvalue weighted by molar-refractivity contribution is -0.385. The van der Waals surface area contributed by atoms with Crippen molar-refractivity contribution >= 4 is 11.6 Å². The molecular formula is C14H21N3O3. The lowest BCUT2D eigenvalue weighted by atomic mass is 10.1. The molecule has 0 aliphatic heterocycles. The minimum absolute atomic E-state index is 0.0544. The van der Waals surface area contributed by atoms with E-state index in [1.54, 1.807) is 18.2 Å². The molecule has 1 rings (SSSR count). The van der Waals surface area contributed by atoms with Crippen molar-refractivity contribution in [3.05, 3.63) is 39.9 Å². The average Bonchev–Trinajstić information content (AvgIpc) is 2.41. The lowest BCUT2D eigenvalue weighted by Crippen LogP contribution is -2.36. The highest BCUT2D eigenvalue weighted by Gasteiger charge is 2.11. The van der Waals surface area contributed by atoms with Crippen molar-refractivity contribution in [1.29, 1.82) is 0 Å². The number of rotatable bonds is 8. The quantitative estimate of drug-likeness (QED) is 0.429. The summed E-state index contributed by atoms with van der Waals surface area (Å²) in [6.45, 7) is 5.47. The van der Waals surface area contributed by atoms with Gasteiger partial charge in [0, 0.05) is 18.2 Å². The summed E-state index contributed by atoms with van der Waals surface area (Å²) in [7, 11) is 0. The number of para-hydroxylation sites is 1. The lowest BCUT2D eigenvalue weighted by Gasteiger charge is -2.08. The van der Waals surface area contributed by atoms with Gasteiger partial charge in [0.1, 0.15) is 0 Å². The number of nitro benzene ring substituents is 1. The van der Waals surface area contributed by atoms with E-state index in [1.807, 2.05) is 13.8 Å². The maximum Gasteiger partial charge on any atom is 0.272 e. The summed E-state index contributed by atoms with van der Waals surface area (Å²) < 4.78 is 0. The zero-order valence-corrected chi connectivity index (χ0v) is 11.9. The number of carbonyl (C=O) groups is 1. The summed E-state index contributed by atoms with van der Waals surface area (Å²) in [4.78, 5) is 21.9. The van der Waals surface area contributed by atoms with E-state index < -0.39 is 0 Å². The number of hydrogen-bond donors (Lipinski definition) is 2. The van der Waals surface area contributed by atoms with E-state index >= 15 is 0 Å². The van der Waals surface area contributed by atoms with Gasteiger partial charge in [-0.05, 0) is 18.9 Å². The maximum absolute atomic E-state index is 11.5. The van der Waals surface area contributed by atoms with E-state index in [0.29, 0.717) is 31.0 Å². The van der Waals surface area contributed by atoms with Crippen LogP contribution in [0.1, 0.15) is 19.4 Å².